The highest BCUT2D eigenvalue weighted by molar-refractivity contribution is 7.91. The lowest BCUT2D eigenvalue weighted by Crippen LogP contribution is -2.52. The van der Waals surface area contributed by atoms with Gasteiger partial charge in [-0.1, -0.05) is 6.07 Å². The minimum absolute atomic E-state index is 0.00156. The highest BCUT2D eigenvalue weighted by Crippen LogP contribution is 2.46. The van der Waals surface area contributed by atoms with Gasteiger partial charge >= 0.3 is 6.18 Å². The number of benzene rings is 1. The van der Waals surface area contributed by atoms with Crippen molar-refractivity contribution in [2.75, 3.05) is 30.8 Å². The summed E-state index contributed by atoms with van der Waals surface area (Å²) in [6, 6.07) is 5.09. The van der Waals surface area contributed by atoms with Gasteiger partial charge in [-0.15, -0.1) is 11.3 Å². The van der Waals surface area contributed by atoms with E-state index in [9.17, 15) is 26.4 Å². The van der Waals surface area contributed by atoms with E-state index in [1.165, 1.54) is 10.5 Å². The lowest BCUT2D eigenvalue weighted by Gasteiger charge is -2.36. The van der Waals surface area contributed by atoms with E-state index >= 15 is 0 Å². The average molecular weight is 634 g/mol. The summed E-state index contributed by atoms with van der Waals surface area (Å²) in [6.07, 6.45) is -1.18. The first-order valence-corrected chi connectivity index (χ1v) is 16.6. The van der Waals surface area contributed by atoms with Crippen molar-refractivity contribution in [2.45, 2.75) is 68.2 Å². The summed E-state index contributed by atoms with van der Waals surface area (Å²) in [5.74, 6) is -0.538. The maximum Gasteiger partial charge on any atom is 0.420 e. The Morgan fingerprint density at radius 1 is 1.16 bits per heavy atom. The third kappa shape index (κ3) is 5.32. The van der Waals surface area contributed by atoms with Gasteiger partial charge in [-0.25, -0.2) is 18.4 Å². The number of carbonyl (C=O) groups is 1. The molecule has 3 aromatic rings. The monoisotopic (exact) mass is 633 g/mol. The van der Waals surface area contributed by atoms with Crippen LogP contribution in [0.3, 0.4) is 0 Å². The summed E-state index contributed by atoms with van der Waals surface area (Å²) >= 11 is 0.712. The molecular weight excluding hydrogens is 603 g/mol. The molecule has 3 aliphatic heterocycles. The van der Waals surface area contributed by atoms with E-state index in [0.717, 1.165) is 42.1 Å². The number of rotatable bonds is 5. The minimum atomic E-state index is -4.81. The van der Waals surface area contributed by atoms with Crippen molar-refractivity contribution in [3.63, 3.8) is 0 Å². The number of thiophene rings is 1. The SMILES string of the molecule is CC1(C)Cc2cc(C3CC3)c(Nc3ncc(C(F)(F)F)c(-c4cc5c(s4)C(=O)N(C4COC4)CCS5(=O)=O)n3)cc2CN1. The molecule has 43 heavy (non-hydrogen) atoms. The first kappa shape index (κ1) is 28.7. The minimum Gasteiger partial charge on any atom is -0.377 e. The second kappa shape index (κ2) is 9.98. The van der Waals surface area contributed by atoms with Crippen molar-refractivity contribution in [3.05, 3.63) is 51.5 Å². The van der Waals surface area contributed by atoms with Gasteiger partial charge < -0.3 is 20.3 Å². The van der Waals surface area contributed by atoms with Crippen LogP contribution in [0, 0.1) is 0 Å². The molecule has 2 fully saturated rings. The molecule has 2 aromatic heterocycles. The van der Waals surface area contributed by atoms with Crippen molar-refractivity contribution in [1.29, 1.82) is 0 Å². The maximum atomic E-state index is 14.2. The number of carbonyl (C=O) groups excluding carboxylic acids is 1. The van der Waals surface area contributed by atoms with E-state index in [-0.39, 0.29) is 57.7 Å². The van der Waals surface area contributed by atoms with Gasteiger partial charge in [-0.2, -0.15) is 13.2 Å². The van der Waals surface area contributed by atoms with E-state index in [0.29, 0.717) is 30.0 Å². The number of alkyl halides is 3. The third-order valence-corrected chi connectivity index (χ3v) is 11.5. The van der Waals surface area contributed by atoms with Gasteiger partial charge in [0.2, 0.25) is 5.95 Å². The molecule has 0 atom stereocenters. The molecule has 9 nitrogen and oxygen atoms in total. The number of halogens is 3. The van der Waals surface area contributed by atoms with Crippen LogP contribution in [-0.4, -0.2) is 66.3 Å². The van der Waals surface area contributed by atoms with E-state index in [2.05, 4.69) is 40.5 Å². The third-order valence-electron chi connectivity index (χ3n) is 8.50. The van der Waals surface area contributed by atoms with Crippen LogP contribution >= 0.6 is 11.3 Å². The molecule has 0 radical (unpaired) electrons. The lowest BCUT2D eigenvalue weighted by atomic mass is 9.85. The van der Waals surface area contributed by atoms with Crippen LogP contribution in [0.4, 0.5) is 24.8 Å². The quantitative estimate of drug-likeness (QED) is 0.408. The van der Waals surface area contributed by atoms with Crippen LogP contribution in [-0.2, 0) is 33.7 Å². The molecule has 0 unspecified atom stereocenters. The summed E-state index contributed by atoms with van der Waals surface area (Å²) in [4.78, 5) is 22.7. The second-order valence-electron chi connectivity index (χ2n) is 12.3. The number of ether oxygens (including phenoxy) is 1. The molecule has 4 aliphatic rings. The van der Waals surface area contributed by atoms with E-state index in [1.54, 1.807) is 0 Å². The zero-order valence-electron chi connectivity index (χ0n) is 23.5. The maximum absolute atomic E-state index is 14.2. The number of hydrogen-bond donors (Lipinski definition) is 2. The molecule has 1 saturated heterocycles. The number of aromatic nitrogens is 2. The number of fused-ring (bicyclic) bond motifs is 2. The Bertz CT molecular complexity index is 1750. The Labute approximate surface area is 250 Å². The van der Waals surface area contributed by atoms with E-state index in [4.69, 9.17) is 4.74 Å². The number of nitrogens with one attached hydrogen (secondary N) is 2. The zero-order valence-corrected chi connectivity index (χ0v) is 25.2. The molecule has 1 aromatic carbocycles. The highest BCUT2D eigenvalue weighted by atomic mass is 32.2. The van der Waals surface area contributed by atoms with Crippen LogP contribution in [0.15, 0.2) is 29.3 Å². The Morgan fingerprint density at radius 3 is 2.60 bits per heavy atom. The fourth-order valence-corrected chi connectivity index (χ4v) is 8.81. The number of nitrogens with zero attached hydrogens (tertiary/aromatic N) is 3. The van der Waals surface area contributed by atoms with E-state index in [1.807, 2.05) is 6.07 Å². The Morgan fingerprint density at radius 2 is 1.93 bits per heavy atom. The molecule has 1 saturated carbocycles. The number of sulfone groups is 1. The van der Waals surface area contributed by atoms with Crippen molar-refractivity contribution >= 4 is 38.7 Å². The lowest BCUT2D eigenvalue weighted by molar-refractivity contribution is -0.137. The first-order chi connectivity index (χ1) is 20.3. The zero-order chi connectivity index (χ0) is 30.3. The van der Waals surface area contributed by atoms with E-state index < -0.39 is 33.2 Å². The normalized spacial score (nSPS) is 21.5. The summed E-state index contributed by atoms with van der Waals surface area (Å²) in [5.41, 5.74) is 2.56. The highest BCUT2D eigenvalue weighted by Gasteiger charge is 2.41. The fraction of sp³-hybridized carbons (Fsp3) is 0.483. The van der Waals surface area contributed by atoms with Crippen LogP contribution in [0.5, 0.6) is 0 Å². The molecule has 1 amide bonds. The van der Waals surface area contributed by atoms with Crippen molar-refractivity contribution in [2.24, 2.45) is 0 Å². The smallest absolute Gasteiger partial charge is 0.377 e. The summed E-state index contributed by atoms with van der Waals surface area (Å²) in [5, 5.41) is 6.68. The molecule has 0 spiro atoms. The van der Waals surface area contributed by atoms with Gasteiger partial charge in [-0.05, 0) is 67.9 Å². The van der Waals surface area contributed by atoms with Crippen molar-refractivity contribution < 1.29 is 31.1 Å². The van der Waals surface area contributed by atoms with Gasteiger partial charge in [0, 0.05) is 30.5 Å². The van der Waals surface area contributed by atoms with Gasteiger partial charge in [0.15, 0.2) is 9.84 Å². The first-order valence-electron chi connectivity index (χ1n) is 14.2. The van der Waals surface area contributed by atoms with Crippen LogP contribution < -0.4 is 10.6 Å². The topological polar surface area (TPSA) is 114 Å². The second-order valence-corrected chi connectivity index (χ2v) is 15.4. The molecule has 0 bridgehead atoms. The van der Waals surface area contributed by atoms with Gasteiger partial charge in [-0.3, -0.25) is 4.79 Å². The number of amides is 1. The molecule has 14 heteroatoms. The Hall–Kier alpha value is -3.07. The van der Waals surface area contributed by atoms with Crippen LogP contribution in [0.25, 0.3) is 10.6 Å². The predicted octanol–water partition coefficient (Wildman–Crippen LogP) is 4.90. The molecule has 7 rings (SSSR count). The van der Waals surface area contributed by atoms with Crippen LogP contribution in [0.2, 0.25) is 0 Å². The van der Waals surface area contributed by atoms with Gasteiger partial charge in [0.25, 0.3) is 5.91 Å². The molecule has 1 aliphatic carbocycles. The average Bonchev–Trinajstić information content (AvgIpc) is 3.65. The largest absolute Gasteiger partial charge is 0.420 e. The van der Waals surface area contributed by atoms with Crippen LogP contribution in [0.1, 0.15) is 64.5 Å². The van der Waals surface area contributed by atoms with Crippen molar-refractivity contribution in [1.82, 2.24) is 20.2 Å². The molecule has 5 heterocycles. The summed E-state index contributed by atoms with van der Waals surface area (Å²) < 4.78 is 74.1. The predicted molar refractivity (Wildman–Crippen MR) is 154 cm³/mol. The number of anilines is 2. The standard InChI is InChI=1S/C29H30F3N5O4S2/c1-28(2)10-16-7-19(15-3-4-15)21(8-17(16)11-34-28)35-27-33-12-20(29(30,31)32)24(36-27)22-9-23-25(42-22)26(38)37(18-13-41-14-18)5-6-43(23,39)40/h7-9,12,15,18,34H,3-6,10-11,13-14H2,1-2H3,(H,33,35,36). The fourth-order valence-electron chi connectivity index (χ4n) is 5.89. The molecule has 2 N–H and O–H groups in total. The Balaban J connectivity index is 1.29. The molecular formula is C29H30F3N5O4S2. The summed E-state index contributed by atoms with van der Waals surface area (Å²) in [6.45, 7) is 5.54. The Kier molecular flexibility index (Phi) is 6.65. The molecule has 228 valence electrons. The van der Waals surface area contributed by atoms with Gasteiger partial charge in [0.1, 0.15) is 10.4 Å². The van der Waals surface area contributed by atoms with Crippen molar-refractivity contribution in [3.8, 4) is 10.6 Å². The summed E-state index contributed by atoms with van der Waals surface area (Å²) in [7, 11) is -3.92. The van der Waals surface area contributed by atoms with Gasteiger partial charge in [0.05, 0.1) is 40.5 Å². The number of hydrogen-bond acceptors (Lipinski definition) is 9.